The van der Waals surface area contributed by atoms with Crippen molar-refractivity contribution in [2.45, 2.75) is 13.8 Å². The fraction of sp³-hybridized carbons (Fsp3) is 0.133. The van der Waals surface area contributed by atoms with E-state index in [0.29, 0.717) is 16.8 Å². The maximum atomic E-state index is 12.3. The number of benzene rings is 2. The molecule has 0 unspecified atom stereocenters. The highest BCUT2D eigenvalue weighted by atomic mass is 79.9. The van der Waals surface area contributed by atoms with Crippen molar-refractivity contribution < 1.29 is 9.72 Å². The van der Waals surface area contributed by atoms with Crippen LogP contribution in [0.3, 0.4) is 0 Å². The topological polar surface area (TPSA) is 72.2 Å². The number of hydrogen-bond acceptors (Lipinski definition) is 3. The van der Waals surface area contributed by atoms with Crippen LogP contribution >= 0.6 is 15.9 Å². The molecule has 0 saturated carbocycles. The Hall–Kier alpha value is -2.21. The number of carbonyl (C=O) groups is 1. The SMILES string of the molecule is Cc1cc(Br)ccc1NC(=O)c1cccc([N+](=O)[O-])c1C. The Morgan fingerprint density at radius 1 is 1.24 bits per heavy atom. The van der Waals surface area contributed by atoms with Crippen molar-refractivity contribution in [3.05, 3.63) is 67.7 Å². The summed E-state index contributed by atoms with van der Waals surface area (Å²) in [6.45, 7) is 3.45. The van der Waals surface area contributed by atoms with Crippen molar-refractivity contribution in [3.63, 3.8) is 0 Å². The molecular weight excluding hydrogens is 336 g/mol. The first-order valence-electron chi connectivity index (χ1n) is 6.21. The number of anilines is 1. The number of halogens is 1. The Balaban J connectivity index is 2.33. The highest BCUT2D eigenvalue weighted by Gasteiger charge is 2.18. The smallest absolute Gasteiger partial charge is 0.273 e. The third-order valence-corrected chi connectivity index (χ3v) is 3.68. The lowest BCUT2D eigenvalue weighted by Gasteiger charge is -2.10. The average Bonchev–Trinajstić information content (AvgIpc) is 2.41. The molecule has 0 aliphatic carbocycles. The van der Waals surface area contributed by atoms with Gasteiger partial charge in [-0.3, -0.25) is 14.9 Å². The van der Waals surface area contributed by atoms with E-state index >= 15 is 0 Å². The lowest BCUT2D eigenvalue weighted by molar-refractivity contribution is -0.385. The first-order chi connectivity index (χ1) is 9.90. The third kappa shape index (κ3) is 3.28. The van der Waals surface area contributed by atoms with Gasteiger partial charge in [-0.15, -0.1) is 0 Å². The molecule has 1 amide bonds. The Kier molecular flexibility index (Phi) is 4.37. The van der Waals surface area contributed by atoms with E-state index in [9.17, 15) is 14.9 Å². The van der Waals surface area contributed by atoms with Crippen molar-refractivity contribution in [2.75, 3.05) is 5.32 Å². The fourth-order valence-corrected chi connectivity index (χ4v) is 2.50. The number of amides is 1. The molecule has 6 heteroatoms. The van der Waals surface area contributed by atoms with Crippen LogP contribution in [-0.4, -0.2) is 10.8 Å². The van der Waals surface area contributed by atoms with E-state index in [2.05, 4.69) is 21.2 Å². The Bertz CT molecular complexity index is 729. The van der Waals surface area contributed by atoms with Crippen LogP contribution < -0.4 is 5.32 Å². The quantitative estimate of drug-likeness (QED) is 0.666. The summed E-state index contributed by atoms with van der Waals surface area (Å²) in [6, 6.07) is 9.96. The molecule has 0 atom stereocenters. The summed E-state index contributed by atoms with van der Waals surface area (Å²) in [6.07, 6.45) is 0. The maximum absolute atomic E-state index is 12.3. The van der Waals surface area contributed by atoms with Gasteiger partial charge < -0.3 is 5.32 Å². The summed E-state index contributed by atoms with van der Waals surface area (Å²) in [5.74, 6) is -0.360. The number of nitro groups is 1. The summed E-state index contributed by atoms with van der Waals surface area (Å²) >= 11 is 3.36. The van der Waals surface area contributed by atoms with Gasteiger partial charge in [-0.1, -0.05) is 22.0 Å². The van der Waals surface area contributed by atoms with Crippen LogP contribution in [0.25, 0.3) is 0 Å². The molecule has 0 saturated heterocycles. The van der Waals surface area contributed by atoms with E-state index in [1.165, 1.54) is 12.1 Å². The van der Waals surface area contributed by atoms with E-state index in [1.807, 2.05) is 19.1 Å². The number of hydrogen-bond donors (Lipinski definition) is 1. The zero-order valence-electron chi connectivity index (χ0n) is 11.5. The van der Waals surface area contributed by atoms with E-state index in [4.69, 9.17) is 0 Å². The molecule has 0 fully saturated rings. The molecule has 21 heavy (non-hydrogen) atoms. The molecule has 2 aromatic rings. The summed E-state index contributed by atoms with van der Waals surface area (Å²) in [4.78, 5) is 22.7. The highest BCUT2D eigenvalue weighted by Crippen LogP contribution is 2.24. The molecule has 1 N–H and O–H groups in total. The van der Waals surface area contributed by atoms with Gasteiger partial charge in [0.2, 0.25) is 0 Å². The minimum Gasteiger partial charge on any atom is -0.322 e. The van der Waals surface area contributed by atoms with Crippen molar-refractivity contribution in [1.29, 1.82) is 0 Å². The molecule has 5 nitrogen and oxygen atoms in total. The van der Waals surface area contributed by atoms with Crippen molar-refractivity contribution in [1.82, 2.24) is 0 Å². The third-order valence-electron chi connectivity index (χ3n) is 3.18. The number of nitrogens with zero attached hydrogens (tertiary/aromatic N) is 1. The predicted octanol–water partition coefficient (Wildman–Crippen LogP) is 4.23. The molecule has 0 aromatic heterocycles. The van der Waals surface area contributed by atoms with Crippen LogP contribution in [0.1, 0.15) is 21.5 Å². The molecule has 2 rings (SSSR count). The minimum atomic E-state index is -0.489. The van der Waals surface area contributed by atoms with E-state index in [0.717, 1.165) is 10.0 Å². The van der Waals surface area contributed by atoms with Gasteiger partial charge in [0.1, 0.15) is 0 Å². The van der Waals surface area contributed by atoms with E-state index < -0.39 is 4.92 Å². The van der Waals surface area contributed by atoms with Crippen molar-refractivity contribution in [3.8, 4) is 0 Å². The summed E-state index contributed by atoms with van der Waals surface area (Å²) < 4.78 is 0.921. The number of nitrogens with one attached hydrogen (secondary N) is 1. The number of carbonyl (C=O) groups excluding carboxylic acids is 1. The van der Waals surface area contributed by atoms with Crippen molar-refractivity contribution >= 4 is 33.2 Å². The lowest BCUT2D eigenvalue weighted by Crippen LogP contribution is -2.14. The summed E-state index contributed by atoms with van der Waals surface area (Å²) in [5.41, 5.74) is 2.17. The van der Waals surface area contributed by atoms with E-state index in [-0.39, 0.29) is 11.6 Å². The standard InChI is InChI=1S/C15H13BrN2O3/c1-9-8-11(16)6-7-13(9)17-15(19)12-4-3-5-14(10(12)2)18(20)21/h3-8H,1-2H3,(H,17,19). The van der Waals surface area contributed by atoms with Gasteiger partial charge >= 0.3 is 0 Å². The molecule has 0 spiro atoms. The number of nitro benzene ring substituents is 1. The molecule has 0 radical (unpaired) electrons. The second-order valence-electron chi connectivity index (χ2n) is 4.62. The normalized spacial score (nSPS) is 10.2. The van der Waals surface area contributed by atoms with Gasteiger partial charge in [0.25, 0.3) is 11.6 Å². The van der Waals surface area contributed by atoms with Gasteiger partial charge in [0.15, 0.2) is 0 Å². The molecule has 0 aliphatic heterocycles. The van der Waals surface area contributed by atoms with Crippen LogP contribution in [-0.2, 0) is 0 Å². The summed E-state index contributed by atoms with van der Waals surface area (Å²) in [5, 5.41) is 13.7. The van der Waals surface area contributed by atoms with Gasteiger partial charge in [-0.2, -0.15) is 0 Å². The van der Waals surface area contributed by atoms with Gasteiger partial charge in [-0.05, 0) is 43.7 Å². The predicted molar refractivity (Wildman–Crippen MR) is 84.7 cm³/mol. The molecule has 108 valence electrons. The Morgan fingerprint density at radius 2 is 1.95 bits per heavy atom. The molecule has 0 bridgehead atoms. The first-order valence-corrected chi connectivity index (χ1v) is 7.01. The summed E-state index contributed by atoms with van der Waals surface area (Å²) in [7, 11) is 0. The number of aryl methyl sites for hydroxylation is 1. The van der Waals surface area contributed by atoms with Crippen LogP contribution in [0.15, 0.2) is 40.9 Å². The van der Waals surface area contributed by atoms with Gasteiger partial charge in [0.05, 0.1) is 4.92 Å². The number of rotatable bonds is 3. The highest BCUT2D eigenvalue weighted by molar-refractivity contribution is 9.10. The second-order valence-corrected chi connectivity index (χ2v) is 5.54. The second kappa shape index (κ2) is 6.05. The largest absolute Gasteiger partial charge is 0.322 e. The van der Waals surface area contributed by atoms with Crippen LogP contribution in [0.4, 0.5) is 11.4 Å². The molecule has 2 aromatic carbocycles. The lowest BCUT2D eigenvalue weighted by atomic mass is 10.1. The Labute approximate surface area is 130 Å². The van der Waals surface area contributed by atoms with Gasteiger partial charge in [0, 0.05) is 27.4 Å². The monoisotopic (exact) mass is 348 g/mol. The Morgan fingerprint density at radius 3 is 2.57 bits per heavy atom. The molecule has 0 heterocycles. The minimum absolute atomic E-state index is 0.0600. The van der Waals surface area contributed by atoms with E-state index in [1.54, 1.807) is 19.1 Å². The zero-order valence-corrected chi connectivity index (χ0v) is 13.1. The maximum Gasteiger partial charge on any atom is 0.273 e. The average molecular weight is 349 g/mol. The van der Waals surface area contributed by atoms with Crippen molar-refractivity contribution in [2.24, 2.45) is 0 Å². The van der Waals surface area contributed by atoms with Gasteiger partial charge in [-0.25, -0.2) is 0 Å². The van der Waals surface area contributed by atoms with Crippen LogP contribution in [0.2, 0.25) is 0 Å². The molecular formula is C15H13BrN2O3. The van der Waals surface area contributed by atoms with Crippen LogP contribution in [0, 0.1) is 24.0 Å². The zero-order chi connectivity index (χ0) is 15.6. The fourth-order valence-electron chi connectivity index (χ4n) is 2.02. The molecule has 0 aliphatic rings. The first kappa shape index (κ1) is 15.2. The van der Waals surface area contributed by atoms with Crippen LogP contribution in [0.5, 0.6) is 0 Å².